The molecule has 3 aliphatic heterocycles. The molecule has 3 saturated heterocycles. The van der Waals surface area contributed by atoms with E-state index in [4.69, 9.17) is 22.6 Å². The third kappa shape index (κ3) is 28.6. The molecule has 720 valence electrons. The number of likely N-dealkylation sites (N-methyl/N-ethyl adjacent to an activating group) is 3. The third-order valence-electron chi connectivity index (χ3n) is 23.5. The molecule has 6 heterocycles. The minimum Gasteiger partial charge on any atom is -0.508 e. The van der Waals surface area contributed by atoms with Crippen molar-refractivity contribution in [3.05, 3.63) is 119 Å². The number of amides is 17. The van der Waals surface area contributed by atoms with Crippen LogP contribution in [0.15, 0.2) is 96.9 Å². The SMILES string of the molecule is CCCC[C@H]1C(=O)N(C)[C@@H](CO)C(=O)N[C@@H](CCCNC(=N)N)C(=O)NC(C(=O)NCC(N)=O)CSCC(=O)N[C@@H](Cc2ccc(O)cc2)C(=O)N(C)[C@@H](C)C(=O)N[C@@H](CC(N)=O)C(=O)N2CCC[C@H]2C(=O)N[C@@H](Cc2cnc[nH]2)C(=O)N[C@@H](CC(C)C)C(=O)N2CCC[C@H]2C(=O)N[C@@H](Cc2c[nH]c3ccccc23)C(=O)N[C@@H](CO)C(=O)N[C@@H](Cc2csc3ccccc23)C(=O)N1C. The van der Waals surface area contributed by atoms with Crippen LogP contribution in [-0.2, 0) is 107 Å². The van der Waals surface area contributed by atoms with E-state index in [1.807, 2.05) is 13.0 Å². The van der Waals surface area contributed by atoms with E-state index in [1.165, 1.54) is 81.1 Å². The molecule has 45 heteroatoms. The maximum absolute atomic E-state index is 15.6. The molecule has 9 rings (SSSR count). The first kappa shape index (κ1) is 103. The molecule has 0 spiro atoms. The molecular weight excluding hydrogens is 1760 g/mol. The van der Waals surface area contributed by atoms with Crippen LogP contribution in [0, 0.1) is 11.3 Å². The van der Waals surface area contributed by atoms with E-state index in [2.05, 4.69) is 73.4 Å². The van der Waals surface area contributed by atoms with Crippen LogP contribution in [0.1, 0.15) is 121 Å². The van der Waals surface area contributed by atoms with E-state index in [1.54, 1.807) is 67.9 Å². The number of carbonyl (C=O) groups excluding carboxylic acids is 17. The van der Waals surface area contributed by atoms with Crippen LogP contribution in [0.5, 0.6) is 5.75 Å². The van der Waals surface area contributed by atoms with E-state index >= 15 is 33.6 Å². The predicted molar refractivity (Wildman–Crippen MR) is 489 cm³/mol. The Labute approximate surface area is 775 Å². The molecule has 0 bridgehead atoms. The molecule has 0 saturated carbocycles. The summed E-state index contributed by atoms with van der Waals surface area (Å²) < 4.78 is 0.800. The van der Waals surface area contributed by atoms with Gasteiger partial charge in [0.1, 0.15) is 90.3 Å². The summed E-state index contributed by atoms with van der Waals surface area (Å²) in [5.41, 5.74) is 19.2. The topological polar surface area (TPSA) is 646 Å². The molecule has 133 heavy (non-hydrogen) atoms. The standard InChI is InChI=1S/C88H121N23O20S2/c1-8-9-21-68-87(131)109(7)69(42-113)82(126)99-57(20-14-29-94-88(91)92)76(120)106-65(75(119)96-40-72(90)116)44-132-45-73(117)98-61(33-49-25-27-53(114)28-26-49)83(127)107(5)48(4)74(118)102-63(37-71(89)115)86(130)111-31-16-23-67(111)81(125)101-59(36-52-39-93-46-97-52)78(122)103-60(32-47(2)3)85(129)110-30-15-22-66(110)80(124)100-58(34-50-38-95-56-19-12-10-17-54(50)56)77(121)105-64(41-112)79(123)104-62(84(128)108(68)6)35-51-43-133-70-24-13-11-18-55(51)70/h10-13,17-19,24-28,38-39,43,46-48,57-69,95,112-114H,8-9,14-16,20-23,29-37,40-42,44-45H2,1-7H3,(H2,89,115)(H2,90,116)(H,93,97)(H,96,119)(H,98,117)(H,99,126)(H,100,124)(H,101,125)(H,102,118)(H,103,122)(H,104,123)(H,105,121)(H,106,120)(H4,91,92,94)/t48-,57-,58-,59-,60-,61-,62-,63-,64-,65?,66-,67-,68-,69-/m0/s1. The summed E-state index contributed by atoms with van der Waals surface area (Å²) >= 11 is 2.06. The van der Waals surface area contributed by atoms with Crippen LogP contribution in [0.2, 0.25) is 0 Å². The number of thiophene rings is 1. The molecule has 1 unspecified atom stereocenters. The number of para-hydroxylation sites is 1. The van der Waals surface area contributed by atoms with Gasteiger partial charge in [-0.3, -0.25) is 86.9 Å². The molecule has 0 radical (unpaired) electrons. The van der Waals surface area contributed by atoms with Gasteiger partial charge in [0.25, 0.3) is 0 Å². The zero-order valence-electron chi connectivity index (χ0n) is 75.2. The zero-order chi connectivity index (χ0) is 97.0. The molecule has 3 aliphatic rings. The predicted octanol–water partition coefficient (Wildman–Crippen LogP) is -3.36. The third-order valence-corrected chi connectivity index (χ3v) is 25.6. The lowest BCUT2D eigenvalue weighted by atomic mass is 10.0. The lowest BCUT2D eigenvalue weighted by Gasteiger charge is -2.36. The first-order chi connectivity index (χ1) is 63.4. The number of H-pyrrole nitrogens is 2. The second-order valence-electron chi connectivity index (χ2n) is 33.7. The van der Waals surface area contributed by atoms with E-state index in [-0.39, 0.29) is 115 Å². The lowest BCUT2D eigenvalue weighted by Crippen LogP contribution is -2.62. The molecule has 23 N–H and O–H groups in total. The fourth-order valence-corrected chi connectivity index (χ4v) is 18.0. The van der Waals surface area contributed by atoms with Crippen LogP contribution >= 0.6 is 23.1 Å². The monoisotopic (exact) mass is 1880 g/mol. The number of fused-ring (bicyclic) bond motifs is 4. The second-order valence-corrected chi connectivity index (χ2v) is 35.7. The number of imidazole rings is 1. The number of aliphatic hydroxyl groups is 2. The number of nitrogens with one attached hydrogen (secondary N) is 14. The summed E-state index contributed by atoms with van der Waals surface area (Å²) in [6, 6.07) is -2.21. The normalized spacial score (nSPS) is 24.4. The molecule has 17 amide bonds. The van der Waals surface area contributed by atoms with Gasteiger partial charge < -0.3 is 125 Å². The summed E-state index contributed by atoms with van der Waals surface area (Å²) in [4.78, 5) is 264. The first-order valence-corrected chi connectivity index (χ1v) is 46.0. The molecule has 14 atom stereocenters. The highest BCUT2D eigenvalue weighted by molar-refractivity contribution is 8.00. The highest BCUT2D eigenvalue weighted by atomic mass is 32.2. The number of aromatic nitrogens is 3. The van der Waals surface area contributed by atoms with Gasteiger partial charge in [-0.05, 0) is 116 Å². The van der Waals surface area contributed by atoms with E-state index < -0.39 is 229 Å². The zero-order valence-corrected chi connectivity index (χ0v) is 76.8. The second kappa shape index (κ2) is 49.3. The van der Waals surface area contributed by atoms with Gasteiger partial charge in [-0.25, -0.2) is 4.98 Å². The molecular formula is C88H121N23O20S2. The van der Waals surface area contributed by atoms with Gasteiger partial charge in [0, 0.05) is 106 Å². The maximum Gasteiger partial charge on any atom is 0.246 e. The van der Waals surface area contributed by atoms with Crippen LogP contribution in [0.3, 0.4) is 0 Å². The molecule has 6 aromatic rings. The van der Waals surface area contributed by atoms with Crippen molar-refractivity contribution in [2.45, 2.75) is 209 Å². The number of thioether (sulfide) groups is 1. The molecule has 43 nitrogen and oxygen atoms in total. The fraction of sp³-hybridized carbons (Fsp3) is 0.511. The van der Waals surface area contributed by atoms with Crippen LogP contribution in [-0.4, -0.2) is 318 Å². The van der Waals surface area contributed by atoms with E-state index in [0.717, 1.165) is 36.1 Å². The number of aromatic hydroxyl groups is 1. The number of carbonyl (C=O) groups is 17. The van der Waals surface area contributed by atoms with Gasteiger partial charge >= 0.3 is 0 Å². The Morgan fingerprint density at radius 3 is 1.74 bits per heavy atom. The van der Waals surface area contributed by atoms with E-state index in [9.17, 15) is 63.3 Å². The van der Waals surface area contributed by atoms with Crippen LogP contribution in [0.25, 0.3) is 21.0 Å². The van der Waals surface area contributed by atoms with Crippen LogP contribution in [0.4, 0.5) is 0 Å². The highest BCUT2D eigenvalue weighted by Gasteiger charge is 2.46. The first-order valence-electron chi connectivity index (χ1n) is 44.0. The molecule has 3 aromatic carbocycles. The van der Waals surface area contributed by atoms with Gasteiger partial charge in [-0.15, -0.1) is 23.1 Å². The number of guanidine groups is 1. The summed E-state index contributed by atoms with van der Waals surface area (Å²) in [5, 5.41) is 72.3. The van der Waals surface area contributed by atoms with E-state index in [0.29, 0.717) is 45.1 Å². The Bertz CT molecular complexity index is 5170. The molecule has 0 aliphatic carbocycles. The molecule has 3 aromatic heterocycles. The average molecular weight is 1890 g/mol. The van der Waals surface area contributed by atoms with Crippen molar-refractivity contribution in [2.75, 3.05) is 72.0 Å². The van der Waals surface area contributed by atoms with Crippen molar-refractivity contribution in [3.63, 3.8) is 0 Å². The number of phenols is 1. The van der Waals surface area contributed by atoms with Gasteiger partial charge in [0.15, 0.2) is 5.96 Å². The van der Waals surface area contributed by atoms with Crippen molar-refractivity contribution in [3.8, 4) is 5.75 Å². The Morgan fingerprint density at radius 1 is 0.556 bits per heavy atom. The lowest BCUT2D eigenvalue weighted by molar-refractivity contribution is -0.150. The number of aliphatic hydroxyl groups excluding tert-OH is 2. The summed E-state index contributed by atoms with van der Waals surface area (Å²) in [6.45, 7) is 3.54. The van der Waals surface area contributed by atoms with Gasteiger partial charge in [-0.1, -0.05) is 82.1 Å². The maximum atomic E-state index is 15.6. The summed E-state index contributed by atoms with van der Waals surface area (Å²) in [6.07, 6.45) is 3.33. The van der Waals surface area contributed by atoms with Gasteiger partial charge in [0.05, 0.1) is 38.3 Å². The average Bonchev–Trinajstić information content (AvgIpc) is 1.86. The van der Waals surface area contributed by atoms with Crippen molar-refractivity contribution in [1.29, 1.82) is 5.41 Å². The van der Waals surface area contributed by atoms with Crippen LogP contribution < -0.4 is 75.7 Å². The largest absolute Gasteiger partial charge is 0.508 e. The molecule has 3 fully saturated rings. The van der Waals surface area contributed by atoms with Crippen molar-refractivity contribution in [1.82, 2.24) is 97.9 Å². The fourth-order valence-electron chi connectivity index (χ4n) is 16.2. The quantitative estimate of drug-likeness (QED) is 0.0160. The van der Waals surface area contributed by atoms with Gasteiger partial charge in [-0.2, -0.15) is 0 Å². The Kier molecular flexibility index (Phi) is 38.3. The Morgan fingerprint density at radius 2 is 1.12 bits per heavy atom. The van der Waals surface area contributed by atoms with Crippen molar-refractivity contribution < 1.29 is 96.8 Å². The minimum atomic E-state index is -1.87. The number of rotatable bonds is 24. The number of nitrogens with two attached hydrogens (primary N) is 3. The van der Waals surface area contributed by atoms with Gasteiger partial charge in [0.2, 0.25) is 100 Å². The Balaban J connectivity index is 1.09. The number of aromatic amines is 2. The number of benzene rings is 3. The van der Waals surface area contributed by atoms with Crippen molar-refractivity contribution in [2.24, 2.45) is 23.1 Å². The van der Waals surface area contributed by atoms with Crippen molar-refractivity contribution >= 4 is 150 Å². The number of phenolic OH excluding ortho intramolecular Hbond substituents is 1. The number of unbranched alkanes of at least 4 members (excludes halogenated alkanes) is 1. The summed E-state index contributed by atoms with van der Waals surface area (Å²) in [7, 11) is 3.67. The summed E-state index contributed by atoms with van der Waals surface area (Å²) in [5.74, 6) is -18.2. The number of hydrogen-bond donors (Lipinski definition) is 20. The minimum absolute atomic E-state index is 0.000495. The highest BCUT2D eigenvalue weighted by Crippen LogP contribution is 2.30. The smallest absolute Gasteiger partial charge is 0.246 e. The number of hydrogen-bond acceptors (Lipinski definition) is 24. The number of primary amides is 2. The number of nitrogens with zero attached hydrogens (tertiary/aromatic N) is 6. The Hall–Kier alpha value is -13.3.